The van der Waals surface area contributed by atoms with Crippen molar-refractivity contribution in [2.24, 2.45) is 0 Å². The maximum Gasteiger partial charge on any atom is 0.335 e. The van der Waals surface area contributed by atoms with Crippen molar-refractivity contribution in [1.29, 1.82) is 0 Å². The van der Waals surface area contributed by atoms with Crippen LogP contribution in [0.15, 0.2) is 24.3 Å². The average molecular weight is 291 g/mol. The Labute approximate surface area is 124 Å². The van der Waals surface area contributed by atoms with Crippen LogP contribution in [-0.2, 0) is 16.1 Å². The monoisotopic (exact) mass is 291 g/mol. The molecule has 1 fully saturated rings. The standard InChI is InChI=1S/C16H21NO4/c1-11-2-7-14(21-11)8-9-15(18)17-10-12-3-5-13(6-4-12)16(19)20/h3-6,11,14H,2,7-10H2,1H3,(H,17,18)(H,19,20). The van der Waals surface area contributed by atoms with Crippen LogP contribution in [0.25, 0.3) is 0 Å². The molecule has 2 N–H and O–H groups in total. The molecule has 2 atom stereocenters. The Morgan fingerprint density at radius 3 is 2.57 bits per heavy atom. The number of nitrogens with one attached hydrogen (secondary N) is 1. The van der Waals surface area contributed by atoms with E-state index in [2.05, 4.69) is 12.2 Å². The van der Waals surface area contributed by atoms with Crippen molar-refractivity contribution in [2.75, 3.05) is 0 Å². The van der Waals surface area contributed by atoms with Crippen LogP contribution >= 0.6 is 0 Å². The lowest BCUT2D eigenvalue weighted by Gasteiger charge is -2.11. The third kappa shape index (κ3) is 4.86. The van der Waals surface area contributed by atoms with Crippen molar-refractivity contribution >= 4 is 11.9 Å². The van der Waals surface area contributed by atoms with Gasteiger partial charge >= 0.3 is 5.97 Å². The minimum absolute atomic E-state index is 0.000430. The Morgan fingerprint density at radius 2 is 2.00 bits per heavy atom. The van der Waals surface area contributed by atoms with Crippen molar-refractivity contribution in [2.45, 2.75) is 51.4 Å². The Balaban J connectivity index is 1.69. The molecule has 0 bridgehead atoms. The molecule has 0 spiro atoms. The summed E-state index contributed by atoms with van der Waals surface area (Å²) in [5.74, 6) is -0.947. The van der Waals surface area contributed by atoms with Gasteiger partial charge in [-0.1, -0.05) is 12.1 Å². The van der Waals surface area contributed by atoms with E-state index in [1.807, 2.05) is 0 Å². The van der Waals surface area contributed by atoms with Gasteiger partial charge in [-0.05, 0) is 43.9 Å². The van der Waals surface area contributed by atoms with Crippen molar-refractivity contribution < 1.29 is 19.4 Å². The highest BCUT2D eigenvalue weighted by molar-refractivity contribution is 5.87. The number of hydrogen-bond donors (Lipinski definition) is 2. The van der Waals surface area contributed by atoms with Gasteiger partial charge in [0.25, 0.3) is 0 Å². The lowest BCUT2D eigenvalue weighted by atomic mass is 10.1. The summed E-state index contributed by atoms with van der Waals surface area (Å²) in [6.07, 6.45) is 3.85. The number of aromatic carboxylic acids is 1. The molecule has 1 aromatic rings. The molecule has 2 rings (SSSR count). The Morgan fingerprint density at radius 1 is 1.29 bits per heavy atom. The second kappa shape index (κ2) is 7.22. The zero-order chi connectivity index (χ0) is 15.2. The predicted molar refractivity (Wildman–Crippen MR) is 78.1 cm³/mol. The Bertz CT molecular complexity index is 498. The average Bonchev–Trinajstić information content (AvgIpc) is 2.89. The van der Waals surface area contributed by atoms with Gasteiger partial charge in [0.2, 0.25) is 5.91 Å². The second-order valence-corrected chi connectivity index (χ2v) is 5.46. The number of carboxylic acid groups (broad SMARTS) is 1. The molecule has 1 amide bonds. The summed E-state index contributed by atoms with van der Waals surface area (Å²) in [6, 6.07) is 6.51. The second-order valence-electron chi connectivity index (χ2n) is 5.46. The lowest BCUT2D eigenvalue weighted by Crippen LogP contribution is -2.24. The van der Waals surface area contributed by atoms with Gasteiger partial charge in [0.05, 0.1) is 17.8 Å². The maximum absolute atomic E-state index is 11.8. The quantitative estimate of drug-likeness (QED) is 0.843. The summed E-state index contributed by atoms with van der Waals surface area (Å²) in [5.41, 5.74) is 1.14. The fraction of sp³-hybridized carbons (Fsp3) is 0.500. The van der Waals surface area contributed by atoms with E-state index in [1.54, 1.807) is 12.1 Å². The van der Waals surface area contributed by atoms with E-state index in [0.717, 1.165) is 24.8 Å². The summed E-state index contributed by atoms with van der Waals surface area (Å²) in [7, 11) is 0. The largest absolute Gasteiger partial charge is 0.478 e. The molecule has 1 saturated heterocycles. The number of ether oxygens (including phenoxy) is 1. The van der Waals surface area contributed by atoms with Crippen LogP contribution in [0.4, 0.5) is 0 Å². The number of carboxylic acids is 1. The molecule has 1 aromatic carbocycles. The van der Waals surface area contributed by atoms with Crippen molar-refractivity contribution in [3.05, 3.63) is 35.4 Å². The van der Waals surface area contributed by atoms with E-state index in [0.29, 0.717) is 19.1 Å². The first-order valence-corrected chi connectivity index (χ1v) is 7.29. The number of rotatable bonds is 6. The number of carbonyl (C=O) groups is 2. The number of hydrogen-bond acceptors (Lipinski definition) is 3. The molecule has 5 nitrogen and oxygen atoms in total. The highest BCUT2D eigenvalue weighted by Crippen LogP contribution is 2.22. The Kier molecular flexibility index (Phi) is 5.33. The minimum Gasteiger partial charge on any atom is -0.478 e. The first-order chi connectivity index (χ1) is 10.0. The van der Waals surface area contributed by atoms with Gasteiger partial charge in [0, 0.05) is 13.0 Å². The number of carbonyl (C=O) groups excluding carboxylic acids is 1. The molecule has 2 unspecified atom stereocenters. The highest BCUT2D eigenvalue weighted by atomic mass is 16.5. The van der Waals surface area contributed by atoms with Gasteiger partial charge in [-0.25, -0.2) is 4.79 Å². The summed E-state index contributed by atoms with van der Waals surface area (Å²) < 4.78 is 5.67. The van der Waals surface area contributed by atoms with Gasteiger partial charge < -0.3 is 15.2 Å². The smallest absolute Gasteiger partial charge is 0.335 e. The van der Waals surface area contributed by atoms with Crippen molar-refractivity contribution in [1.82, 2.24) is 5.32 Å². The zero-order valence-corrected chi connectivity index (χ0v) is 12.2. The van der Waals surface area contributed by atoms with E-state index in [4.69, 9.17) is 9.84 Å². The summed E-state index contributed by atoms with van der Waals surface area (Å²) in [4.78, 5) is 22.5. The predicted octanol–water partition coefficient (Wildman–Crippen LogP) is 2.35. The van der Waals surface area contributed by atoms with Gasteiger partial charge in [-0.3, -0.25) is 4.79 Å². The minimum atomic E-state index is -0.948. The van der Waals surface area contributed by atoms with E-state index in [-0.39, 0.29) is 17.6 Å². The third-order valence-corrected chi connectivity index (χ3v) is 3.70. The molecule has 21 heavy (non-hydrogen) atoms. The topological polar surface area (TPSA) is 75.6 Å². The van der Waals surface area contributed by atoms with Crippen molar-refractivity contribution in [3.63, 3.8) is 0 Å². The van der Waals surface area contributed by atoms with Crippen LogP contribution in [-0.4, -0.2) is 29.2 Å². The molecule has 114 valence electrons. The van der Waals surface area contributed by atoms with E-state index in [9.17, 15) is 9.59 Å². The van der Waals surface area contributed by atoms with Gasteiger partial charge in [-0.2, -0.15) is 0 Å². The van der Waals surface area contributed by atoms with Crippen LogP contribution in [0.2, 0.25) is 0 Å². The zero-order valence-electron chi connectivity index (χ0n) is 12.2. The summed E-state index contributed by atoms with van der Waals surface area (Å²) in [5, 5.41) is 11.6. The fourth-order valence-electron chi connectivity index (χ4n) is 2.44. The number of amides is 1. The molecular weight excluding hydrogens is 270 g/mol. The molecule has 5 heteroatoms. The van der Waals surface area contributed by atoms with Crippen LogP contribution in [0, 0.1) is 0 Å². The van der Waals surface area contributed by atoms with E-state index < -0.39 is 5.97 Å². The molecule has 1 aliphatic rings. The maximum atomic E-state index is 11.8. The van der Waals surface area contributed by atoms with Crippen LogP contribution in [0.3, 0.4) is 0 Å². The van der Waals surface area contributed by atoms with E-state index in [1.165, 1.54) is 12.1 Å². The van der Waals surface area contributed by atoms with Crippen molar-refractivity contribution in [3.8, 4) is 0 Å². The molecule has 0 radical (unpaired) electrons. The molecule has 0 aromatic heterocycles. The normalized spacial score (nSPS) is 21.2. The summed E-state index contributed by atoms with van der Waals surface area (Å²) in [6.45, 7) is 2.47. The third-order valence-electron chi connectivity index (χ3n) is 3.70. The molecule has 0 aliphatic carbocycles. The Hall–Kier alpha value is -1.88. The number of benzene rings is 1. The van der Waals surface area contributed by atoms with E-state index >= 15 is 0 Å². The molecular formula is C16H21NO4. The first kappa shape index (κ1) is 15.5. The SMILES string of the molecule is CC1CCC(CCC(=O)NCc2ccc(C(=O)O)cc2)O1. The molecule has 1 heterocycles. The van der Waals surface area contributed by atoms with Gasteiger partial charge in [-0.15, -0.1) is 0 Å². The van der Waals surface area contributed by atoms with Gasteiger partial charge in [0.15, 0.2) is 0 Å². The first-order valence-electron chi connectivity index (χ1n) is 7.29. The van der Waals surface area contributed by atoms with Crippen LogP contribution in [0.1, 0.15) is 48.5 Å². The van der Waals surface area contributed by atoms with Crippen LogP contribution in [0.5, 0.6) is 0 Å². The molecule has 1 aliphatic heterocycles. The van der Waals surface area contributed by atoms with Crippen LogP contribution < -0.4 is 5.32 Å². The fourth-order valence-corrected chi connectivity index (χ4v) is 2.44. The highest BCUT2D eigenvalue weighted by Gasteiger charge is 2.22. The van der Waals surface area contributed by atoms with Gasteiger partial charge in [0.1, 0.15) is 0 Å². The lowest BCUT2D eigenvalue weighted by molar-refractivity contribution is -0.122. The summed E-state index contributed by atoms with van der Waals surface area (Å²) >= 11 is 0. The molecule has 0 saturated carbocycles.